The van der Waals surface area contributed by atoms with Gasteiger partial charge >= 0.3 is 0 Å². The van der Waals surface area contributed by atoms with Gasteiger partial charge in [0.1, 0.15) is 0 Å². The van der Waals surface area contributed by atoms with E-state index in [-0.39, 0.29) is 5.41 Å². The second kappa shape index (κ2) is 6.24. The summed E-state index contributed by atoms with van der Waals surface area (Å²) < 4.78 is 0. The van der Waals surface area contributed by atoms with Crippen molar-refractivity contribution in [3.05, 3.63) is 59.7 Å². The minimum Gasteiger partial charge on any atom is -0.393 e. The molecule has 0 aromatic heterocycles. The van der Waals surface area contributed by atoms with E-state index in [9.17, 15) is 0 Å². The SMILES string of the molecule is NC(=S)C12CC3CC(c4ccccc4)(CC1C3SCC1=CCCC=C1)C2. The van der Waals surface area contributed by atoms with Gasteiger partial charge in [-0.2, -0.15) is 11.8 Å². The second-order valence-electron chi connectivity index (χ2n) is 8.86. The van der Waals surface area contributed by atoms with Crippen LogP contribution in [0.15, 0.2) is 54.1 Å². The van der Waals surface area contributed by atoms with Crippen molar-refractivity contribution in [2.24, 2.45) is 23.0 Å². The van der Waals surface area contributed by atoms with E-state index in [1.54, 1.807) is 0 Å². The first-order chi connectivity index (χ1) is 12.6. The topological polar surface area (TPSA) is 26.0 Å². The highest BCUT2D eigenvalue weighted by Gasteiger charge is 2.69. The van der Waals surface area contributed by atoms with Crippen LogP contribution >= 0.6 is 24.0 Å². The summed E-state index contributed by atoms with van der Waals surface area (Å²) in [5, 5.41) is 0.729. The first-order valence-corrected chi connectivity index (χ1v) is 11.4. The second-order valence-corrected chi connectivity index (χ2v) is 10.5. The van der Waals surface area contributed by atoms with Crippen molar-refractivity contribution >= 4 is 29.0 Å². The third-order valence-electron chi connectivity index (χ3n) is 7.51. The Morgan fingerprint density at radius 1 is 1.15 bits per heavy atom. The minimum atomic E-state index is 0.114. The largest absolute Gasteiger partial charge is 0.393 e. The molecule has 5 aliphatic carbocycles. The summed E-state index contributed by atoms with van der Waals surface area (Å²) in [4.78, 5) is 0.796. The smallest absolute Gasteiger partial charge is 0.0793 e. The number of hydrogen-bond donors (Lipinski definition) is 1. The lowest BCUT2D eigenvalue weighted by atomic mass is 9.63. The van der Waals surface area contributed by atoms with Crippen molar-refractivity contribution in [2.75, 3.05) is 5.75 Å². The van der Waals surface area contributed by atoms with Crippen molar-refractivity contribution in [3.63, 3.8) is 0 Å². The molecule has 4 bridgehead atoms. The van der Waals surface area contributed by atoms with Crippen LogP contribution in [0.2, 0.25) is 0 Å². The molecule has 5 aliphatic rings. The van der Waals surface area contributed by atoms with Crippen LogP contribution in [-0.2, 0) is 5.41 Å². The zero-order valence-electron chi connectivity index (χ0n) is 15.2. The minimum absolute atomic E-state index is 0.114. The Balaban J connectivity index is 1.42. The molecule has 1 nitrogen and oxygen atoms in total. The Bertz CT molecular complexity index is 783. The van der Waals surface area contributed by atoms with Crippen LogP contribution in [0.25, 0.3) is 0 Å². The highest BCUT2D eigenvalue weighted by molar-refractivity contribution is 8.00. The number of thiocarbonyl (C=S) groups is 1. The maximum absolute atomic E-state index is 6.39. The predicted octanol–water partition coefficient (Wildman–Crippen LogP) is 5.41. The maximum atomic E-state index is 6.39. The van der Waals surface area contributed by atoms with E-state index in [1.807, 2.05) is 0 Å². The van der Waals surface area contributed by atoms with Gasteiger partial charge in [0.05, 0.1) is 4.99 Å². The number of allylic oxidation sites excluding steroid dienone is 3. The van der Waals surface area contributed by atoms with Gasteiger partial charge in [-0.15, -0.1) is 0 Å². The lowest BCUT2D eigenvalue weighted by Gasteiger charge is -2.43. The summed E-state index contributed by atoms with van der Waals surface area (Å²) in [6, 6.07) is 11.2. The van der Waals surface area contributed by atoms with Gasteiger partial charge in [0.25, 0.3) is 0 Å². The lowest BCUT2D eigenvalue weighted by Crippen LogP contribution is -2.40. The molecule has 3 heteroatoms. The molecule has 0 saturated heterocycles. The molecule has 26 heavy (non-hydrogen) atoms. The average molecular weight is 382 g/mol. The first-order valence-electron chi connectivity index (χ1n) is 9.96. The quantitative estimate of drug-likeness (QED) is 0.691. The Morgan fingerprint density at radius 2 is 2.00 bits per heavy atom. The van der Waals surface area contributed by atoms with Crippen LogP contribution in [0.3, 0.4) is 0 Å². The van der Waals surface area contributed by atoms with Crippen molar-refractivity contribution in [3.8, 4) is 0 Å². The van der Waals surface area contributed by atoms with E-state index in [1.165, 1.54) is 49.7 Å². The Labute approximate surface area is 166 Å². The standard InChI is InChI=1S/C23H27NS2/c24-21(25)23-12-17-11-22(15-23,18-9-5-2-6-10-18)13-19(23)20(17)26-14-16-7-3-1-4-8-16/h2-3,5-10,17,19-20H,1,4,11-15H2,(H2,24,25). The molecule has 0 amide bonds. The number of hydrogen-bond acceptors (Lipinski definition) is 2. The molecule has 0 aliphatic heterocycles. The van der Waals surface area contributed by atoms with Crippen molar-refractivity contribution in [1.29, 1.82) is 0 Å². The van der Waals surface area contributed by atoms with Gasteiger partial charge in [-0.05, 0) is 66.9 Å². The van der Waals surface area contributed by atoms with Crippen LogP contribution in [0, 0.1) is 17.3 Å². The summed E-state index contributed by atoms with van der Waals surface area (Å²) in [6.45, 7) is 0. The fourth-order valence-corrected chi connectivity index (χ4v) is 8.51. The van der Waals surface area contributed by atoms with Gasteiger partial charge in [0.15, 0.2) is 0 Å². The van der Waals surface area contributed by atoms with Crippen molar-refractivity contribution in [1.82, 2.24) is 0 Å². The molecule has 4 saturated carbocycles. The fraction of sp³-hybridized carbons (Fsp3) is 0.522. The highest BCUT2D eigenvalue weighted by Crippen LogP contribution is 2.72. The van der Waals surface area contributed by atoms with E-state index in [4.69, 9.17) is 18.0 Å². The molecule has 1 aromatic rings. The van der Waals surface area contributed by atoms with E-state index in [0.29, 0.717) is 11.3 Å². The molecule has 0 radical (unpaired) electrons. The normalized spacial score (nSPS) is 40.0. The fourth-order valence-electron chi connectivity index (χ4n) is 6.56. The first kappa shape index (κ1) is 17.1. The molecule has 136 valence electrons. The third kappa shape index (κ3) is 2.46. The molecular formula is C23H27NS2. The van der Waals surface area contributed by atoms with E-state index in [0.717, 1.165) is 21.9 Å². The zero-order chi connectivity index (χ0) is 17.8. The van der Waals surface area contributed by atoms with Gasteiger partial charge < -0.3 is 5.73 Å². The molecule has 0 heterocycles. The maximum Gasteiger partial charge on any atom is 0.0793 e. The summed E-state index contributed by atoms with van der Waals surface area (Å²) in [5.74, 6) is 2.58. The molecule has 5 unspecified atom stereocenters. The van der Waals surface area contributed by atoms with Gasteiger partial charge in [-0.25, -0.2) is 0 Å². The highest BCUT2D eigenvalue weighted by atomic mass is 32.2. The summed E-state index contributed by atoms with van der Waals surface area (Å²) in [6.07, 6.45) is 14.5. The molecular weight excluding hydrogens is 354 g/mol. The van der Waals surface area contributed by atoms with Crippen LogP contribution < -0.4 is 5.73 Å². The van der Waals surface area contributed by atoms with Crippen molar-refractivity contribution < 1.29 is 0 Å². The monoisotopic (exact) mass is 381 g/mol. The molecule has 4 fully saturated rings. The Hall–Kier alpha value is -1.06. The molecule has 2 N–H and O–H groups in total. The van der Waals surface area contributed by atoms with Gasteiger partial charge in [-0.1, -0.05) is 60.8 Å². The summed E-state index contributed by atoms with van der Waals surface area (Å²) in [7, 11) is 0. The van der Waals surface area contributed by atoms with Crippen molar-refractivity contribution in [2.45, 2.75) is 49.2 Å². The molecule has 1 aromatic carbocycles. The third-order valence-corrected chi connectivity index (χ3v) is 9.51. The molecule has 5 atom stereocenters. The Kier molecular flexibility index (Phi) is 4.09. The van der Waals surface area contributed by atoms with Gasteiger partial charge in [-0.3, -0.25) is 0 Å². The number of nitrogens with two attached hydrogens (primary N) is 1. The lowest BCUT2D eigenvalue weighted by molar-refractivity contribution is 0.221. The average Bonchev–Trinajstić information content (AvgIpc) is 3.05. The number of benzene rings is 1. The predicted molar refractivity (Wildman–Crippen MR) is 115 cm³/mol. The van der Waals surface area contributed by atoms with E-state index in [2.05, 4.69) is 60.3 Å². The van der Waals surface area contributed by atoms with Gasteiger partial charge in [0.2, 0.25) is 0 Å². The van der Waals surface area contributed by atoms with Gasteiger partial charge in [0, 0.05) is 16.4 Å². The molecule has 6 rings (SSSR count). The number of thioether (sulfide) groups is 1. The summed E-state index contributed by atoms with van der Waals surface area (Å²) in [5.41, 5.74) is 9.86. The number of rotatable bonds is 5. The Morgan fingerprint density at radius 3 is 2.73 bits per heavy atom. The van der Waals surface area contributed by atoms with E-state index < -0.39 is 0 Å². The molecule has 0 spiro atoms. The van der Waals surface area contributed by atoms with Crippen LogP contribution in [0.4, 0.5) is 0 Å². The van der Waals surface area contributed by atoms with E-state index >= 15 is 0 Å². The van der Waals surface area contributed by atoms with Crippen LogP contribution in [0.1, 0.15) is 44.1 Å². The van der Waals surface area contributed by atoms with Crippen LogP contribution in [-0.4, -0.2) is 16.0 Å². The van der Waals surface area contributed by atoms with Crippen LogP contribution in [0.5, 0.6) is 0 Å². The zero-order valence-corrected chi connectivity index (χ0v) is 16.8. The summed E-state index contributed by atoms with van der Waals surface area (Å²) >= 11 is 7.85.